The molecule has 2 rings (SSSR count). The molecule has 1 saturated heterocycles. The van der Waals surface area contributed by atoms with Crippen LogP contribution in [-0.2, 0) is 4.74 Å². The third-order valence-corrected chi connectivity index (χ3v) is 3.65. The first-order chi connectivity index (χ1) is 6.35. The van der Waals surface area contributed by atoms with E-state index >= 15 is 0 Å². The topological polar surface area (TPSA) is 21.3 Å². The number of nitrogens with one attached hydrogen (secondary N) is 1. The third kappa shape index (κ3) is 2.44. The lowest BCUT2D eigenvalue weighted by atomic mass is 9.93. The zero-order valence-corrected chi connectivity index (χ0v) is 8.64. The zero-order chi connectivity index (χ0) is 9.15. The van der Waals surface area contributed by atoms with Gasteiger partial charge in [0.05, 0.1) is 5.60 Å². The van der Waals surface area contributed by atoms with Crippen molar-refractivity contribution in [3.63, 3.8) is 0 Å². The molecule has 1 aliphatic carbocycles. The number of rotatable bonds is 4. The van der Waals surface area contributed by atoms with Crippen LogP contribution in [0.1, 0.15) is 38.5 Å². The molecule has 2 heteroatoms. The van der Waals surface area contributed by atoms with Gasteiger partial charge in [0, 0.05) is 7.11 Å². The summed E-state index contributed by atoms with van der Waals surface area (Å²) in [5.41, 5.74) is 0.317. The first-order valence-electron chi connectivity index (χ1n) is 5.60. The van der Waals surface area contributed by atoms with Crippen LogP contribution in [0.5, 0.6) is 0 Å². The molecule has 0 bridgehead atoms. The van der Waals surface area contributed by atoms with Crippen LogP contribution in [-0.4, -0.2) is 25.8 Å². The van der Waals surface area contributed by atoms with Crippen LogP contribution in [0.25, 0.3) is 0 Å². The molecule has 1 unspecified atom stereocenters. The highest BCUT2D eigenvalue weighted by Crippen LogP contribution is 2.43. The van der Waals surface area contributed by atoms with E-state index in [0.29, 0.717) is 5.60 Å². The van der Waals surface area contributed by atoms with Gasteiger partial charge in [-0.1, -0.05) is 0 Å². The van der Waals surface area contributed by atoms with Gasteiger partial charge in [0.2, 0.25) is 0 Å². The van der Waals surface area contributed by atoms with Crippen LogP contribution in [0.4, 0.5) is 0 Å². The Balaban J connectivity index is 1.66. The van der Waals surface area contributed by atoms with Crippen LogP contribution in [0.3, 0.4) is 0 Å². The van der Waals surface area contributed by atoms with Crippen molar-refractivity contribution < 1.29 is 4.74 Å². The molecule has 1 N–H and O–H groups in total. The Labute approximate surface area is 81.0 Å². The standard InChI is InChI=1S/C11H21NO/c1-13-11(6-7-11)5-4-10-3-2-8-12-9-10/h10,12H,2-9H2,1H3. The minimum absolute atomic E-state index is 0.317. The van der Waals surface area contributed by atoms with E-state index in [2.05, 4.69) is 5.32 Å². The fourth-order valence-electron chi connectivity index (χ4n) is 2.33. The van der Waals surface area contributed by atoms with E-state index < -0.39 is 0 Å². The van der Waals surface area contributed by atoms with Gasteiger partial charge in [-0.3, -0.25) is 0 Å². The molecule has 2 aliphatic rings. The van der Waals surface area contributed by atoms with E-state index in [1.807, 2.05) is 7.11 Å². The molecule has 1 atom stereocenters. The summed E-state index contributed by atoms with van der Waals surface area (Å²) in [6.45, 7) is 2.46. The molecule has 0 amide bonds. The maximum Gasteiger partial charge on any atom is 0.0681 e. The highest BCUT2D eigenvalue weighted by atomic mass is 16.5. The van der Waals surface area contributed by atoms with Crippen molar-refractivity contribution >= 4 is 0 Å². The first kappa shape index (κ1) is 9.47. The summed E-state index contributed by atoms with van der Waals surface area (Å²) in [7, 11) is 1.87. The quantitative estimate of drug-likeness (QED) is 0.719. The monoisotopic (exact) mass is 183 g/mol. The molecule has 76 valence electrons. The second-order valence-electron chi connectivity index (χ2n) is 4.64. The molecule has 0 radical (unpaired) electrons. The van der Waals surface area contributed by atoms with Gasteiger partial charge < -0.3 is 10.1 Å². The average Bonchev–Trinajstić information content (AvgIpc) is 2.97. The lowest BCUT2D eigenvalue weighted by molar-refractivity contribution is 0.0655. The smallest absolute Gasteiger partial charge is 0.0681 e. The van der Waals surface area contributed by atoms with Gasteiger partial charge in [-0.05, 0) is 57.5 Å². The minimum Gasteiger partial charge on any atom is -0.378 e. The van der Waals surface area contributed by atoms with E-state index in [4.69, 9.17) is 4.74 Å². The second kappa shape index (κ2) is 3.97. The van der Waals surface area contributed by atoms with E-state index in [0.717, 1.165) is 5.92 Å². The Morgan fingerprint density at radius 2 is 2.31 bits per heavy atom. The summed E-state index contributed by atoms with van der Waals surface area (Å²) in [6.07, 6.45) is 8.03. The molecule has 1 saturated carbocycles. The highest BCUT2D eigenvalue weighted by molar-refractivity contribution is 4.95. The van der Waals surface area contributed by atoms with Gasteiger partial charge in [-0.25, -0.2) is 0 Å². The van der Waals surface area contributed by atoms with Crippen molar-refractivity contribution in [2.75, 3.05) is 20.2 Å². The largest absolute Gasteiger partial charge is 0.378 e. The maximum atomic E-state index is 5.52. The molecule has 0 aromatic carbocycles. The molecule has 1 aliphatic heterocycles. The third-order valence-electron chi connectivity index (χ3n) is 3.65. The van der Waals surface area contributed by atoms with E-state index in [9.17, 15) is 0 Å². The number of ether oxygens (including phenoxy) is 1. The van der Waals surface area contributed by atoms with Crippen molar-refractivity contribution in [1.82, 2.24) is 5.32 Å². The van der Waals surface area contributed by atoms with Crippen LogP contribution in [0, 0.1) is 5.92 Å². The molecular formula is C11H21NO. The number of hydrogen-bond acceptors (Lipinski definition) is 2. The Kier molecular flexibility index (Phi) is 2.89. The Bertz CT molecular complexity index is 159. The predicted molar refractivity (Wildman–Crippen MR) is 53.8 cm³/mol. The van der Waals surface area contributed by atoms with E-state index in [1.54, 1.807) is 0 Å². The molecule has 2 fully saturated rings. The summed E-state index contributed by atoms with van der Waals surface area (Å²) in [6, 6.07) is 0. The predicted octanol–water partition coefficient (Wildman–Crippen LogP) is 1.95. The SMILES string of the molecule is COC1(CCC2CCCNC2)CC1. The molecular weight excluding hydrogens is 162 g/mol. The molecule has 13 heavy (non-hydrogen) atoms. The summed E-state index contributed by atoms with van der Waals surface area (Å²) in [4.78, 5) is 0. The number of hydrogen-bond donors (Lipinski definition) is 1. The van der Waals surface area contributed by atoms with Crippen molar-refractivity contribution in [2.45, 2.75) is 44.1 Å². The Morgan fingerprint density at radius 3 is 2.85 bits per heavy atom. The van der Waals surface area contributed by atoms with Crippen molar-refractivity contribution in [3.8, 4) is 0 Å². The van der Waals surface area contributed by atoms with Crippen LogP contribution < -0.4 is 5.32 Å². The molecule has 0 aromatic rings. The van der Waals surface area contributed by atoms with Gasteiger partial charge >= 0.3 is 0 Å². The lowest BCUT2D eigenvalue weighted by Crippen LogP contribution is -2.30. The molecule has 0 aromatic heterocycles. The summed E-state index contributed by atoms with van der Waals surface area (Å²) < 4.78 is 5.52. The van der Waals surface area contributed by atoms with E-state index in [1.165, 1.54) is 51.6 Å². The summed E-state index contributed by atoms with van der Waals surface area (Å²) in [5.74, 6) is 0.918. The fourth-order valence-corrected chi connectivity index (χ4v) is 2.33. The van der Waals surface area contributed by atoms with Gasteiger partial charge in [0.1, 0.15) is 0 Å². The fraction of sp³-hybridized carbons (Fsp3) is 1.00. The Morgan fingerprint density at radius 1 is 1.46 bits per heavy atom. The first-order valence-corrected chi connectivity index (χ1v) is 5.60. The summed E-state index contributed by atoms with van der Waals surface area (Å²) >= 11 is 0. The van der Waals surface area contributed by atoms with Crippen LogP contribution >= 0.6 is 0 Å². The molecule has 0 spiro atoms. The van der Waals surface area contributed by atoms with Gasteiger partial charge in [-0.2, -0.15) is 0 Å². The van der Waals surface area contributed by atoms with Crippen molar-refractivity contribution in [1.29, 1.82) is 0 Å². The van der Waals surface area contributed by atoms with Crippen LogP contribution in [0.2, 0.25) is 0 Å². The average molecular weight is 183 g/mol. The lowest BCUT2D eigenvalue weighted by Gasteiger charge is -2.24. The summed E-state index contributed by atoms with van der Waals surface area (Å²) in [5, 5.41) is 3.47. The zero-order valence-electron chi connectivity index (χ0n) is 8.64. The minimum atomic E-state index is 0.317. The van der Waals surface area contributed by atoms with Crippen molar-refractivity contribution in [3.05, 3.63) is 0 Å². The maximum absolute atomic E-state index is 5.52. The van der Waals surface area contributed by atoms with Crippen molar-refractivity contribution in [2.24, 2.45) is 5.92 Å². The molecule has 1 heterocycles. The van der Waals surface area contributed by atoms with Gasteiger partial charge in [-0.15, -0.1) is 0 Å². The second-order valence-corrected chi connectivity index (χ2v) is 4.64. The normalized spacial score (nSPS) is 31.6. The Hall–Kier alpha value is -0.0800. The number of methoxy groups -OCH3 is 1. The molecule has 2 nitrogen and oxygen atoms in total. The number of piperidine rings is 1. The van der Waals surface area contributed by atoms with Crippen LogP contribution in [0.15, 0.2) is 0 Å². The highest BCUT2D eigenvalue weighted by Gasteiger charge is 2.42. The van der Waals surface area contributed by atoms with Gasteiger partial charge in [0.15, 0.2) is 0 Å². The van der Waals surface area contributed by atoms with E-state index in [-0.39, 0.29) is 0 Å². The van der Waals surface area contributed by atoms with Gasteiger partial charge in [0.25, 0.3) is 0 Å².